The first-order chi connectivity index (χ1) is 19.1. The maximum Gasteiger partial charge on any atom is 0.314 e. The quantitative estimate of drug-likeness (QED) is 0.231. The van der Waals surface area contributed by atoms with Gasteiger partial charge in [0, 0.05) is 0 Å². The van der Waals surface area contributed by atoms with Crippen LogP contribution in [0.25, 0.3) is 0 Å². The SMILES string of the molecule is Cc1cc(C(O)CCCN2CCC(C(O)(c3ccccc3)c3ccccc3)CC2)ccc1C(C)(C(=O)O)C(C)C.Cl. The molecule has 3 aromatic carbocycles. The highest BCUT2D eigenvalue weighted by molar-refractivity contribution is 5.85. The molecule has 0 bridgehead atoms. The van der Waals surface area contributed by atoms with E-state index >= 15 is 0 Å². The van der Waals surface area contributed by atoms with E-state index < -0.39 is 23.1 Å². The Kier molecular flexibility index (Phi) is 11.2. The van der Waals surface area contributed by atoms with Crippen molar-refractivity contribution in [3.8, 4) is 0 Å². The number of carbonyl (C=O) groups is 1. The van der Waals surface area contributed by atoms with Crippen molar-refractivity contribution in [1.29, 1.82) is 0 Å². The summed E-state index contributed by atoms with van der Waals surface area (Å²) in [5.41, 5.74) is 2.46. The van der Waals surface area contributed by atoms with Gasteiger partial charge in [-0.15, -0.1) is 12.4 Å². The molecule has 0 spiro atoms. The lowest BCUT2D eigenvalue weighted by atomic mass is 9.71. The minimum atomic E-state index is -1.01. The number of hydrogen-bond donors (Lipinski definition) is 3. The van der Waals surface area contributed by atoms with Crippen molar-refractivity contribution in [1.82, 2.24) is 4.90 Å². The van der Waals surface area contributed by atoms with Crippen molar-refractivity contribution in [3.63, 3.8) is 0 Å². The number of piperidine rings is 1. The summed E-state index contributed by atoms with van der Waals surface area (Å²) in [5, 5.41) is 32.9. The fraction of sp³-hybridized carbons (Fsp3) is 0.457. The van der Waals surface area contributed by atoms with E-state index in [0.29, 0.717) is 6.42 Å². The molecule has 2 atom stereocenters. The Labute approximate surface area is 251 Å². The largest absolute Gasteiger partial charge is 0.481 e. The van der Waals surface area contributed by atoms with Crippen LogP contribution < -0.4 is 0 Å². The molecule has 1 aliphatic heterocycles. The van der Waals surface area contributed by atoms with Crippen molar-refractivity contribution in [2.45, 2.75) is 70.5 Å². The maximum atomic E-state index is 12.1. The second-order valence-electron chi connectivity index (χ2n) is 12.0. The second-order valence-corrected chi connectivity index (χ2v) is 12.0. The Bertz CT molecular complexity index is 1220. The van der Waals surface area contributed by atoms with Crippen molar-refractivity contribution in [2.75, 3.05) is 19.6 Å². The number of carboxylic acid groups (broad SMARTS) is 1. The lowest BCUT2D eigenvalue weighted by molar-refractivity contribution is -0.145. The van der Waals surface area contributed by atoms with Crippen molar-refractivity contribution < 1.29 is 20.1 Å². The number of likely N-dealkylation sites (tertiary alicyclic amines) is 1. The number of carboxylic acids is 1. The van der Waals surface area contributed by atoms with Crippen LogP contribution in [0.2, 0.25) is 0 Å². The molecular weight excluding hydrogens is 534 g/mol. The molecule has 0 radical (unpaired) electrons. The van der Waals surface area contributed by atoms with E-state index in [4.69, 9.17) is 0 Å². The number of benzene rings is 3. The molecule has 1 heterocycles. The summed E-state index contributed by atoms with van der Waals surface area (Å²) in [6.07, 6.45) is 2.75. The molecular formula is C35H46ClNO4. The number of hydrogen-bond acceptors (Lipinski definition) is 4. The van der Waals surface area contributed by atoms with Gasteiger partial charge in [0.2, 0.25) is 0 Å². The molecule has 3 aromatic rings. The van der Waals surface area contributed by atoms with Crippen LogP contribution in [0.5, 0.6) is 0 Å². The number of halogens is 1. The van der Waals surface area contributed by atoms with Gasteiger partial charge in [-0.2, -0.15) is 0 Å². The molecule has 222 valence electrons. The molecule has 3 N–H and O–H groups in total. The minimum absolute atomic E-state index is 0. The van der Waals surface area contributed by atoms with Crippen molar-refractivity contribution in [3.05, 3.63) is 107 Å². The fourth-order valence-electron chi connectivity index (χ4n) is 6.42. The Morgan fingerprint density at radius 2 is 1.49 bits per heavy atom. The van der Waals surface area contributed by atoms with Crippen LogP contribution in [0.4, 0.5) is 0 Å². The lowest BCUT2D eigenvalue weighted by Gasteiger charge is -2.42. The molecule has 1 aliphatic rings. The van der Waals surface area contributed by atoms with Gasteiger partial charge in [-0.05, 0) is 98.8 Å². The summed E-state index contributed by atoms with van der Waals surface area (Å²) >= 11 is 0. The first kappa shape index (κ1) is 32.8. The standard InChI is InChI=1S/C35H45NO4.ClH/c1-25(2)34(4,33(38)39)31-18-17-27(24-26(31)3)32(37)16-11-21-36-22-19-30(20-23-36)35(40,28-12-7-5-8-13-28)29-14-9-6-10-15-29;/h5-10,12-15,17-18,24-25,30,32,37,40H,11,16,19-23H2,1-4H3,(H,38,39);1H. The van der Waals surface area contributed by atoms with Crippen LogP contribution >= 0.6 is 12.4 Å². The van der Waals surface area contributed by atoms with Crippen LogP contribution in [-0.4, -0.2) is 45.8 Å². The number of aliphatic carboxylic acids is 1. The normalized spacial score (nSPS) is 17.0. The van der Waals surface area contributed by atoms with Crippen molar-refractivity contribution in [2.24, 2.45) is 11.8 Å². The minimum Gasteiger partial charge on any atom is -0.481 e. The van der Waals surface area contributed by atoms with Gasteiger partial charge in [0.25, 0.3) is 0 Å². The molecule has 4 rings (SSSR count). The van der Waals surface area contributed by atoms with E-state index in [1.807, 2.05) is 99.6 Å². The van der Waals surface area contributed by atoms with E-state index in [-0.39, 0.29) is 24.2 Å². The molecule has 0 amide bonds. The van der Waals surface area contributed by atoms with Gasteiger partial charge in [-0.3, -0.25) is 4.79 Å². The number of nitrogens with zero attached hydrogens (tertiary/aromatic N) is 1. The molecule has 2 unspecified atom stereocenters. The molecule has 6 heteroatoms. The molecule has 41 heavy (non-hydrogen) atoms. The molecule has 0 saturated carbocycles. The lowest BCUT2D eigenvalue weighted by Crippen LogP contribution is -2.44. The van der Waals surface area contributed by atoms with Crippen LogP contribution in [0, 0.1) is 18.8 Å². The van der Waals surface area contributed by atoms with Crippen LogP contribution in [0.1, 0.15) is 80.4 Å². The highest BCUT2D eigenvalue weighted by atomic mass is 35.5. The topological polar surface area (TPSA) is 81.0 Å². The van der Waals surface area contributed by atoms with E-state index in [2.05, 4.69) is 4.90 Å². The van der Waals surface area contributed by atoms with Gasteiger partial charge in [-0.1, -0.05) is 92.7 Å². The maximum absolute atomic E-state index is 12.1. The van der Waals surface area contributed by atoms with Crippen molar-refractivity contribution >= 4 is 18.4 Å². The van der Waals surface area contributed by atoms with Crippen LogP contribution in [0.15, 0.2) is 78.9 Å². The summed E-state index contributed by atoms with van der Waals surface area (Å²) in [4.78, 5) is 14.5. The predicted octanol–water partition coefficient (Wildman–Crippen LogP) is 6.88. The second kappa shape index (κ2) is 14.0. The molecule has 1 fully saturated rings. The third kappa shape index (κ3) is 6.86. The van der Waals surface area contributed by atoms with E-state index in [1.54, 1.807) is 6.92 Å². The zero-order valence-electron chi connectivity index (χ0n) is 24.8. The highest BCUT2D eigenvalue weighted by Gasteiger charge is 2.42. The Balaban J connectivity index is 0.00000462. The predicted molar refractivity (Wildman–Crippen MR) is 167 cm³/mol. The smallest absolute Gasteiger partial charge is 0.314 e. The summed E-state index contributed by atoms with van der Waals surface area (Å²) < 4.78 is 0. The third-order valence-electron chi connectivity index (χ3n) is 9.35. The van der Waals surface area contributed by atoms with E-state index in [0.717, 1.165) is 66.7 Å². The van der Waals surface area contributed by atoms with Gasteiger partial charge in [-0.25, -0.2) is 0 Å². The number of rotatable bonds is 11. The molecule has 5 nitrogen and oxygen atoms in total. The first-order valence-electron chi connectivity index (χ1n) is 14.7. The molecule has 0 aromatic heterocycles. The summed E-state index contributed by atoms with van der Waals surface area (Å²) in [6, 6.07) is 25.8. The zero-order chi connectivity index (χ0) is 28.9. The fourth-order valence-corrected chi connectivity index (χ4v) is 6.42. The average molecular weight is 580 g/mol. The number of aliphatic hydroxyl groups excluding tert-OH is 1. The van der Waals surface area contributed by atoms with E-state index in [9.17, 15) is 20.1 Å². The monoisotopic (exact) mass is 579 g/mol. The Morgan fingerprint density at radius 1 is 0.951 bits per heavy atom. The van der Waals surface area contributed by atoms with Gasteiger partial charge in [0.05, 0.1) is 11.5 Å². The van der Waals surface area contributed by atoms with Gasteiger partial charge < -0.3 is 20.2 Å². The first-order valence-corrected chi connectivity index (χ1v) is 14.7. The molecule has 0 aliphatic carbocycles. The highest BCUT2D eigenvalue weighted by Crippen LogP contribution is 2.42. The number of aliphatic hydroxyl groups is 2. The van der Waals surface area contributed by atoms with Gasteiger partial charge in [0.15, 0.2) is 0 Å². The summed E-state index contributed by atoms with van der Waals surface area (Å²) in [5.74, 6) is -0.753. The Hall–Kier alpha value is -2.70. The third-order valence-corrected chi connectivity index (χ3v) is 9.35. The summed E-state index contributed by atoms with van der Waals surface area (Å²) in [7, 11) is 0. The zero-order valence-corrected chi connectivity index (χ0v) is 25.6. The average Bonchev–Trinajstić information content (AvgIpc) is 2.97. The molecule has 1 saturated heterocycles. The van der Waals surface area contributed by atoms with Crippen LogP contribution in [0.3, 0.4) is 0 Å². The van der Waals surface area contributed by atoms with Gasteiger partial charge in [0.1, 0.15) is 5.60 Å². The Morgan fingerprint density at radius 3 is 1.95 bits per heavy atom. The van der Waals surface area contributed by atoms with Crippen LogP contribution in [-0.2, 0) is 15.8 Å². The van der Waals surface area contributed by atoms with E-state index in [1.165, 1.54) is 0 Å². The van der Waals surface area contributed by atoms with Gasteiger partial charge >= 0.3 is 5.97 Å². The summed E-state index contributed by atoms with van der Waals surface area (Å²) in [6.45, 7) is 10.3. The number of aryl methyl sites for hydroxylation is 1.